The minimum atomic E-state index is -0.0339. The molecule has 0 saturated carbocycles. The lowest BCUT2D eigenvalue weighted by molar-refractivity contribution is -0.120. The van der Waals surface area contributed by atoms with Crippen molar-refractivity contribution in [2.75, 3.05) is 11.9 Å². The van der Waals surface area contributed by atoms with E-state index in [2.05, 4.69) is 20.9 Å². The molecule has 2 rings (SSSR count). The molecular formula is C13H18N4O. The van der Waals surface area contributed by atoms with Crippen LogP contribution >= 0.6 is 0 Å². The second-order valence-corrected chi connectivity index (χ2v) is 4.52. The van der Waals surface area contributed by atoms with Crippen LogP contribution in [0.15, 0.2) is 29.3 Å². The minimum absolute atomic E-state index is 0.0339. The van der Waals surface area contributed by atoms with Gasteiger partial charge in [0, 0.05) is 11.7 Å². The zero-order valence-corrected chi connectivity index (χ0v) is 10.7. The molecule has 0 spiro atoms. The number of nitrogens with one attached hydrogen (secondary N) is 3. The number of hydrogen-bond donors (Lipinski definition) is 3. The number of benzene rings is 1. The van der Waals surface area contributed by atoms with Crippen molar-refractivity contribution in [3.63, 3.8) is 0 Å². The molecule has 0 aliphatic carbocycles. The Morgan fingerprint density at radius 1 is 1.44 bits per heavy atom. The van der Waals surface area contributed by atoms with Crippen LogP contribution in [0.3, 0.4) is 0 Å². The summed E-state index contributed by atoms with van der Waals surface area (Å²) in [4.78, 5) is 15.8. The number of aliphatic imine (C=N–C) groups is 1. The van der Waals surface area contributed by atoms with Gasteiger partial charge in [0.25, 0.3) is 0 Å². The van der Waals surface area contributed by atoms with Gasteiger partial charge in [-0.15, -0.1) is 0 Å². The molecule has 5 heteroatoms. The van der Waals surface area contributed by atoms with E-state index in [1.54, 1.807) is 0 Å². The molecular weight excluding hydrogens is 228 g/mol. The molecule has 0 aromatic heterocycles. The fourth-order valence-electron chi connectivity index (χ4n) is 1.75. The highest BCUT2D eigenvalue weighted by atomic mass is 16.1. The second kappa shape index (κ2) is 5.53. The van der Waals surface area contributed by atoms with E-state index in [1.165, 1.54) is 0 Å². The highest BCUT2D eigenvalue weighted by molar-refractivity contribution is 5.97. The van der Waals surface area contributed by atoms with Crippen molar-refractivity contribution in [2.24, 2.45) is 4.99 Å². The maximum Gasteiger partial charge on any atom is 0.239 e. The van der Waals surface area contributed by atoms with Crippen molar-refractivity contribution >= 4 is 17.6 Å². The molecule has 5 nitrogen and oxygen atoms in total. The lowest BCUT2D eigenvalue weighted by Crippen LogP contribution is -2.42. The number of rotatable bonds is 3. The molecule has 3 N–H and O–H groups in total. The van der Waals surface area contributed by atoms with Crippen molar-refractivity contribution in [1.82, 2.24) is 10.6 Å². The number of guanidine groups is 1. The van der Waals surface area contributed by atoms with E-state index in [0.29, 0.717) is 12.5 Å². The average Bonchev–Trinajstić information content (AvgIpc) is 2.35. The summed E-state index contributed by atoms with van der Waals surface area (Å²) in [6.07, 6.45) is 0. The third kappa shape index (κ3) is 3.23. The summed E-state index contributed by atoms with van der Waals surface area (Å²) in [5, 5.41) is 8.98. The summed E-state index contributed by atoms with van der Waals surface area (Å²) in [6.45, 7) is 4.73. The second-order valence-electron chi connectivity index (χ2n) is 4.52. The van der Waals surface area contributed by atoms with E-state index < -0.39 is 0 Å². The van der Waals surface area contributed by atoms with Crippen LogP contribution in [0.25, 0.3) is 0 Å². The van der Waals surface area contributed by atoms with Gasteiger partial charge in [0.15, 0.2) is 5.96 Å². The van der Waals surface area contributed by atoms with Gasteiger partial charge in [0.1, 0.15) is 0 Å². The molecule has 1 aromatic rings. The van der Waals surface area contributed by atoms with E-state index in [4.69, 9.17) is 0 Å². The number of nitrogens with zero attached hydrogens (tertiary/aromatic N) is 1. The van der Waals surface area contributed by atoms with Crippen LogP contribution in [0.4, 0.5) is 5.69 Å². The zero-order chi connectivity index (χ0) is 13.0. The van der Waals surface area contributed by atoms with E-state index in [9.17, 15) is 4.79 Å². The van der Waals surface area contributed by atoms with Crippen molar-refractivity contribution in [2.45, 2.75) is 26.4 Å². The lowest BCUT2D eigenvalue weighted by Gasteiger charge is -2.19. The first-order valence-electron chi connectivity index (χ1n) is 6.08. The summed E-state index contributed by atoms with van der Waals surface area (Å²) >= 11 is 0. The number of amides is 1. The average molecular weight is 246 g/mol. The summed E-state index contributed by atoms with van der Waals surface area (Å²) in [5.41, 5.74) is 2.20. The quantitative estimate of drug-likeness (QED) is 0.748. The Bertz CT molecular complexity index is 468. The van der Waals surface area contributed by atoms with Gasteiger partial charge >= 0.3 is 0 Å². The van der Waals surface area contributed by atoms with Gasteiger partial charge < -0.3 is 16.0 Å². The Morgan fingerprint density at radius 3 is 3.00 bits per heavy atom. The van der Waals surface area contributed by atoms with Gasteiger partial charge in [0.2, 0.25) is 5.91 Å². The Hall–Kier alpha value is -2.04. The number of carbonyl (C=O) groups is 1. The number of anilines is 1. The minimum Gasteiger partial charge on any atom is -0.352 e. The fourth-order valence-corrected chi connectivity index (χ4v) is 1.75. The van der Waals surface area contributed by atoms with Gasteiger partial charge in [-0.25, -0.2) is 4.99 Å². The highest BCUT2D eigenvalue weighted by Gasteiger charge is 2.11. The molecule has 1 aliphatic rings. The van der Waals surface area contributed by atoms with Gasteiger partial charge in [0.05, 0.1) is 13.1 Å². The lowest BCUT2D eigenvalue weighted by atomic mass is 10.1. The van der Waals surface area contributed by atoms with Crippen LogP contribution in [-0.4, -0.2) is 24.5 Å². The molecule has 0 radical (unpaired) electrons. The largest absolute Gasteiger partial charge is 0.352 e. The third-order valence-corrected chi connectivity index (χ3v) is 2.54. The summed E-state index contributed by atoms with van der Waals surface area (Å²) in [5.74, 6) is 0.612. The molecule has 1 aliphatic heterocycles. The van der Waals surface area contributed by atoms with Gasteiger partial charge in [-0.05, 0) is 25.5 Å². The van der Waals surface area contributed by atoms with Crippen LogP contribution in [0, 0.1) is 0 Å². The van der Waals surface area contributed by atoms with Crippen LogP contribution in [-0.2, 0) is 11.3 Å². The Balaban J connectivity index is 1.86. The predicted octanol–water partition coefficient (Wildman–Crippen LogP) is 1.08. The van der Waals surface area contributed by atoms with Crippen molar-refractivity contribution < 1.29 is 4.79 Å². The van der Waals surface area contributed by atoms with E-state index in [1.807, 2.05) is 38.1 Å². The Labute approximate surface area is 107 Å². The molecule has 1 aromatic carbocycles. The monoisotopic (exact) mass is 246 g/mol. The number of para-hydroxylation sites is 1. The standard InChI is InChI=1S/C13H18N4O/c1-9(2)16-12(18)8-15-13-14-7-10-5-3-4-6-11(10)17-13/h3-6,9H,7-8H2,1-2H3,(H,16,18)(H2,14,15,17). The van der Waals surface area contributed by atoms with Crippen LogP contribution < -0.4 is 16.0 Å². The molecule has 0 saturated heterocycles. The van der Waals surface area contributed by atoms with E-state index in [0.717, 1.165) is 11.3 Å². The first-order valence-corrected chi connectivity index (χ1v) is 6.08. The number of carbonyl (C=O) groups excluding carboxylic acids is 1. The van der Waals surface area contributed by atoms with E-state index >= 15 is 0 Å². The van der Waals surface area contributed by atoms with Gasteiger partial charge in [-0.2, -0.15) is 0 Å². The molecule has 96 valence electrons. The summed E-state index contributed by atoms with van der Waals surface area (Å²) in [7, 11) is 0. The third-order valence-electron chi connectivity index (χ3n) is 2.54. The Morgan fingerprint density at radius 2 is 2.22 bits per heavy atom. The molecule has 0 unspecified atom stereocenters. The predicted molar refractivity (Wildman–Crippen MR) is 72.5 cm³/mol. The van der Waals surface area contributed by atoms with Crippen LogP contribution in [0.2, 0.25) is 0 Å². The van der Waals surface area contributed by atoms with Gasteiger partial charge in [-0.1, -0.05) is 18.2 Å². The molecule has 1 heterocycles. The van der Waals surface area contributed by atoms with Gasteiger partial charge in [-0.3, -0.25) is 4.79 Å². The zero-order valence-electron chi connectivity index (χ0n) is 10.7. The highest BCUT2D eigenvalue weighted by Crippen LogP contribution is 2.18. The van der Waals surface area contributed by atoms with Crippen LogP contribution in [0.5, 0.6) is 0 Å². The topological polar surface area (TPSA) is 65.5 Å². The van der Waals surface area contributed by atoms with Crippen molar-refractivity contribution in [3.8, 4) is 0 Å². The fraction of sp³-hybridized carbons (Fsp3) is 0.385. The summed E-state index contributed by atoms with van der Waals surface area (Å²) < 4.78 is 0. The molecule has 0 atom stereocenters. The number of fused-ring (bicyclic) bond motifs is 1. The maximum absolute atomic E-state index is 11.5. The Kier molecular flexibility index (Phi) is 3.82. The smallest absolute Gasteiger partial charge is 0.239 e. The first-order chi connectivity index (χ1) is 8.65. The van der Waals surface area contributed by atoms with Crippen molar-refractivity contribution in [3.05, 3.63) is 29.8 Å². The van der Waals surface area contributed by atoms with E-state index in [-0.39, 0.29) is 18.5 Å². The first kappa shape index (κ1) is 12.4. The molecule has 18 heavy (non-hydrogen) atoms. The van der Waals surface area contributed by atoms with Crippen molar-refractivity contribution in [1.29, 1.82) is 0 Å². The normalized spacial score (nSPS) is 13.4. The molecule has 0 bridgehead atoms. The molecule has 0 fully saturated rings. The SMILES string of the molecule is CC(C)NC(=O)CNC1=NCc2ccccc2N1. The maximum atomic E-state index is 11.5. The summed E-state index contributed by atoms with van der Waals surface area (Å²) in [6, 6.07) is 8.15. The van der Waals surface area contributed by atoms with Crippen LogP contribution in [0.1, 0.15) is 19.4 Å². The number of hydrogen-bond acceptors (Lipinski definition) is 4. The molecule has 1 amide bonds.